The van der Waals surface area contributed by atoms with Gasteiger partial charge < -0.3 is 10.0 Å². The molecule has 1 N–H and O–H groups in total. The summed E-state index contributed by atoms with van der Waals surface area (Å²) in [5.41, 5.74) is 0.577. The third-order valence-corrected chi connectivity index (χ3v) is 4.08. The predicted molar refractivity (Wildman–Crippen MR) is 72.8 cm³/mol. The molecule has 106 valence electrons. The largest absolute Gasteiger partial charge is 0.480 e. The minimum Gasteiger partial charge on any atom is -0.480 e. The minimum atomic E-state index is -1.04. The molecule has 0 radical (unpaired) electrons. The van der Waals surface area contributed by atoms with Crippen molar-refractivity contribution in [3.63, 3.8) is 0 Å². The lowest BCUT2D eigenvalue weighted by molar-refractivity contribution is -0.385. The van der Waals surface area contributed by atoms with Crippen LogP contribution < -0.4 is 0 Å². The van der Waals surface area contributed by atoms with Crippen molar-refractivity contribution >= 4 is 29.3 Å². The van der Waals surface area contributed by atoms with Crippen LogP contribution in [0.3, 0.4) is 0 Å². The Bertz CT molecular complexity index is 589. The van der Waals surface area contributed by atoms with Gasteiger partial charge in [0.2, 0.25) is 0 Å². The SMILES string of the molecule is Cc1cc(C(=O)N2CSCC2C(=O)O)ccc1[N+](=O)[O-]. The molecule has 0 aliphatic carbocycles. The second-order valence-corrected chi connectivity index (χ2v) is 5.39. The van der Waals surface area contributed by atoms with Gasteiger partial charge in [0.25, 0.3) is 11.6 Å². The van der Waals surface area contributed by atoms with Gasteiger partial charge in [-0.05, 0) is 19.1 Å². The van der Waals surface area contributed by atoms with Crippen LogP contribution in [0, 0.1) is 17.0 Å². The van der Waals surface area contributed by atoms with Crippen molar-refractivity contribution in [3.05, 3.63) is 39.4 Å². The summed E-state index contributed by atoms with van der Waals surface area (Å²) in [7, 11) is 0. The van der Waals surface area contributed by atoms with E-state index < -0.39 is 22.8 Å². The van der Waals surface area contributed by atoms with E-state index in [1.807, 2.05) is 0 Å². The number of amides is 1. The number of carbonyl (C=O) groups is 2. The van der Waals surface area contributed by atoms with E-state index in [9.17, 15) is 19.7 Å². The lowest BCUT2D eigenvalue weighted by Gasteiger charge is -2.20. The number of aryl methyl sites for hydroxylation is 1. The molecule has 0 aromatic heterocycles. The van der Waals surface area contributed by atoms with Crippen molar-refractivity contribution in [1.82, 2.24) is 4.90 Å². The Kier molecular flexibility index (Phi) is 3.93. The number of rotatable bonds is 3. The third kappa shape index (κ3) is 2.60. The molecule has 1 aromatic rings. The molecule has 1 heterocycles. The number of benzene rings is 1. The average Bonchev–Trinajstić information content (AvgIpc) is 2.86. The van der Waals surface area contributed by atoms with E-state index in [2.05, 4.69) is 0 Å². The van der Waals surface area contributed by atoms with Gasteiger partial charge in [0.15, 0.2) is 0 Å². The second kappa shape index (κ2) is 5.49. The van der Waals surface area contributed by atoms with Gasteiger partial charge in [-0.15, -0.1) is 11.8 Å². The summed E-state index contributed by atoms with van der Waals surface area (Å²) < 4.78 is 0. The van der Waals surface area contributed by atoms with Crippen LogP contribution in [0.1, 0.15) is 15.9 Å². The van der Waals surface area contributed by atoms with E-state index in [0.717, 1.165) is 0 Å². The average molecular weight is 296 g/mol. The highest BCUT2D eigenvalue weighted by Gasteiger charge is 2.35. The van der Waals surface area contributed by atoms with Gasteiger partial charge in [-0.25, -0.2) is 4.79 Å². The molecular weight excluding hydrogens is 284 g/mol. The van der Waals surface area contributed by atoms with Crippen LogP contribution in [0.4, 0.5) is 5.69 Å². The fourth-order valence-electron chi connectivity index (χ4n) is 2.01. The summed E-state index contributed by atoms with van der Waals surface area (Å²) in [5.74, 6) is -0.791. The zero-order valence-electron chi connectivity index (χ0n) is 10.6. The van der Waals surface area contributed by atoms with E-state index in [0.29, 0.717) is 17.2 Å². The Labute approximate surface area is 118 Å². The first kappa shape index (κ1) is 14.3. The maximum atomic E-state index is 12.3. The van der Waals surface area contributed by atoms with Gasteiger partial charge in [0, 0.05) is 22.9 Å². The molecule has 1 atom stereocenters. The Morgan fingerprint density at radius 3 is 2.75 bits per heavy atom. The zero-order valence-corrected chi connectivity index (χ0v) is 11.4. The maximum absolute atomic E-state index is 12.3. The molecule has 8 heteroatoms. The lowest BCUT2D eigenvalue weighted by atomic mass is 10.1. The van der Waals surface area contributed by atoms with Gasteiger partial charge in [0.1, 0.15) is 6.04 Å². The van der Waals surface area contributed by atoms with E-state index >= 15 is 0 Å². The number of carbonyl (C=O) groups excluding carboxylic acids is 1. The number of aliphatic carboxylic acids is 1. The highest BCUT2D eigenvalue weighted by molar-refractivity contribution is 7.99. The van der Waals surface area contributed by atoms with Gasteiger partial charge in [0.05, 0.1) is 10.8 Å². The van der Waals surface area contributed by atoms with Crippen molar-refractivity contribution < 1.29 is 19.6 Å². The zero-order chi connectivity index (χ0) is 14.9. The minimum absolute atomic E-state index is 0.0628. The summed E-state index contributed by atoms with van der Waals surface area (Å²) >= 11 is 1.37. The first-order valence-corrected chi connectivity index (χ1v) is 6.94. The Morgan fingerprint density at radius 1 is 1.50 bits per heavy atom. The normalized spacial score (nSPS) is 18.1. The Morgan fingerprint density at radius 2 is 2.20 bits per heavy atom. The number of hydrogen-bond acceptors (Lipinski definition) is 5. The predicted octanol–water partition coefficient (Wildman–Crippen LogP) is 1.50. The third-order valence-electron chi connectivity index (χ3n) is 3.07. The van der Waals surface area contributed by atoms with Crippen LogP contribution in [0.15, 0.2) is 18.2 Å². The number of nitro groups is 1. The summed E-state index contributed by atoms with van der Waals surface area (Å²) in [5, 5.41) is 19.8. The molecule has 1 aromatic carbocycles. The van der Waals surface area contributed by atoms with Crippen molar-refractivity contribution in [2.24, 2.45) is 0 Å². The highest BCUT2D eigenvalue weighted by atomic mass is 32.2. The molecule has 7 nitrogen and oxygen atoms in total. The van der Waals surface area contributed by atoms with Crippen LogP contribution in [-0.2, 0) is 4.79 Å². The molecular formula is C12H12N2O5S. The molecule has 0 saturated carbocycles. The number of nitrogens with zero attached hydrogens (tertiary/aromatic N) is 2. The van der Waals surface area contributed by atoms with E-state index in [-0.39, 0.29) is 11.3 Å². The van der Waals surface area contributed by atoms with Crippen LogP contribution in [0.25, 0.3) is 0 Å². The Balaban J connectivity index is 2.27. The van der Waals surface area contributed by atoms with Crippen molar-refractivity contribution in [2.45, 2.75) is 13.0 Å². The summed E-state index contributed by atoms with van der Waals surface area (Å²) in [4.78, 5) is 34.8. The first-order chi connectivity index (χ1) is 9.41. The molecule has 1 aliphatic heterocycles. The molecule has 1 fully saturated rings. The van der Waals surface area contributed by atoms with E-state index in [1.54, 1.807) is 6.92 Å². The number of nitro benzene ring substituents is 1. The smallest absolute Gasteiger partial charge is 0.327 e. The van der Waals surface area contributed by atoms with Crippen LogP contribution in [0.2, 0.25) is 0 Å². The van der Waals surface area contributed by atoms with Crippen molar-refractivity contribution in [1.29, 1.82) is 0 Å². The number of carboxylic acids is 1. The molecule has 1 aliphatic rings. The summed E-state index contributed by atoms with van der Waals surface area (Å²) in [6, 6.07) is 3.20. The molecule has 0 bridgehead atoms. The summed E-state index contributed by atoms with van der Waals surface area (Å²) in [6.07, 6.45) is 0. The molecule has 0 spiro atoms. The molecule has 20 heavy (non-hydrogen) atoms. The second-order valence-electron chi connectivity index (χ2n) is 4.39. The fraction of sp³-hybridized carbons (Fsp3) is 0.333. The van der Waals surface area contributed by atoms with E-state index in [1.165, 1.54) is 34.9 Å². The fourth-order valence-corrected chi connectivity index (χ4v) is 3.15. The first-order valence-electron chi connectivity index (χ1n) is 5.78. The summed E-state index contributed by atoms with van der Waals surface area (Å²) in [6.45, 7) is 1.54. The molecule has 1 unspecified atom stereocenters. The van der Waals surface area contributed by atoms with Crippen molar-refractivity contribution in [3.8, 4) is 0 Å². The van der Waals surface area contributed by atoms with Crippen LogP contribution in [0.5, 0.6) is 0 Å². The Hall–Kier alpha value is -2.09. The van der Waals surface area contributed by atoms with E-state index in [4.69, 9.17) is 5.11 Å². The number of thioether (sulfide) groups is 1. The van der Waals surface area contributed by atoms with Gasteiger partial charge in [-0.1, -0.05) is 0 Å². The van der Waals surface area contributed by atoms with Crippen molar-refractivity contribution in [2.75, 3.05) is 11.6 Å². The molecule has 1 saturated heterocycles. The molecule has 2 rings (SSSR count). The van der Waals surface area contributed by atoms with Gasteiger partial charge in [-0.3, -0.25) is 14.9 Å². The van der Waals surface area contributed by atoms with Crippen LogP contribution >= 0.6 is 11.8 Å². The maximum Gasteiger partial charge on any atom is 0.327 e. The van der Waals surface area contributed by atoms with Gasteiger partial charge in [-0.2, -0.15) is 0 Å². The monoisotopic (exact) mass is 296 g/mol. The topological polar surface area (TPSA) is 101 Å². The number of carboxylic acid groups (broad SMARTS) is 1. The van der Waals surface area contributed by atoms with Crippen LogP contribution in [-0.4, -0.2) is 44.5 Å². The van der Waals surface area contributed by atoms with Gasteiger partial charge >= 0.3 is 5.97 Å². The highest BCUT2D eigenvalue weighted by Crippen LogP contribution is 2.25. The lowest BCUT2D eigenvalue weighted by Crippen LogP contribution is -2.41. The number of hydrogen-bond donors (Lipinski definition) is 1. The standard InChI is InChI=1S/C12H12N2O5S/c1-7-4-8(2-3-9(7)14(18)19)11(15)13-6-20-5-10(13)12(16)17/h2-4,10H,5-6H2,1H3,(H,16,17). The quantitative estimate of drug-likeness (QED) is 0.670. The molecule has 1 amide bonds.